The molecule has 2 aromatic carbocycles. The zero-order chi connectivity index (χ0) is 26.3. The fourth-order valence-corrected chi connectivity index (χ4v) is 5.27. The number of amides is 1. The maximum absolute atomic E-state index is 15.0. The fraction of sp³-hybridized carbons (Fsp3) is 0.379. The van der Waals surface area contributed by atoms with Crippen molar-refractivity contribution < 1.29 is 22.7 Å². The summed E-state index contributed by atoms with van der Waals surface area (Å²) in [4.78, 5) is 20.6. The second-order valence-electron chi connectivity index (χ2n) is 10.2. The molecular formula is C29H30F3N3O2. The molecule has 1 fully saturated rings. The number of carbonyl (C=O) groups excluding carboxylic acids is 1. The van der Waals surface area contributed by atoms with Crippen molar-refractivity contribution in [3.8, 4) is 17.0 Å². The Labute approximate surface area is 214 Å². The highest BCUT2D eigenvalue weighted by Crippen LogP contribution is 2.40. The second-order valence-corrected chi connectivity index (χ2v) is 10.2. The van der Waals surface area contributed by atoms with Crippen molar-refractivity contribution in [2.45, 2.75) is 45.1 Å². The Kier molecular flexibility index (Phi) is 6.94. The van der Waals surface area contributed by atoms with Crippen LogP contribution in [0.5, 0.6) is 5.75 Å². The van der Waals surface area contributed by atoms with Gasteiger partial charge in [-0.05, 0) is 94.2 Å². The third kappa shape index (κ3) is 5.07. The second kappa shape index (κ2) is 10.2. The van der Waals surface area contributed by atoms with Gasteiger partial charge in [-0.3, -0.25) is 4.79 Å². The Morgan fingerprint density at radius 1 is 1.00 bits per heavy atom. The number of hydrogen-bond acceptors (Lipinski definition) is 4. The third-order valence-corrected chi connectivity index (χ3v) is 7.19. The topological polar surface area (TPSA) is 45.7 Å². The SMILES string of the molecule is CC(C)N1C(=O)COc2c(F)cc(-c3nc(Cc4ccc(C5CCN(C)CC5)c(F)c4)ccc3F)cc21. The lowest BCUT2D eigenvalue weighted by Crippen LogP contribution is -2.43. The lowest BCUT2D eigenvalue weighted by atomic mass is 9.88. The minimum Gasteiger partial charge on any atom is -0.478 e. The van der Waals surface area contributed by atoms with E-state index in [0.29, 0.717) is 12.1 Å². The number of aromatic nitrogens is 1. The molecule has 0 N–H and O–H groups in total. The highest BCUT2D eigenvalue weighted by Gasteiger charge is 2.31. The lowest BCUT2D eigenvalue weighted by molar-refractivity contribution is -0.121. The molecule has 0 saturated carbocycles. The van der Waals surface area contributed by atoms with Crippen LogP contribution in [0.3, 0.4) is 0 Å². The van der Waals surface area contributed by atoms with Crippen LogP contribution in [0.4, 0.5) is 18.9 Å². The Morgan fingerprint density at radius 3 is 2.46 bits per heavy atom. The Balaban J connectivity index is 1.43. The summed E-state index contributed by atoms with van der Waals surface area (Å²) < 4.78 is 50.2. The molecule has 5 nitrogen and oxygen atoms in total. The summed E-state index contributed by atoms with van der Waals surface area (Å²) in [6, 6.07) is 10.6. The van der Waals surface area contributed by atoms with Gasteiger partial charge in [-0.15, -0.1) is 0 Å². The van der Waals surface area contributed by atoms with Crippen molar-refractivity contribution in [2.75, 3.05) is 31.6 Å². The van der Waals surface area contributed by atoms with Crippen LogP contribution in [-0.4, -0.2) is 48.6 Å². The molecule has 0 atom stereocenters. The van der Waals surface area contributed by atoms with Crippen LogP contribution in [0.25, 0.3) is 11.3 Å². The first kappa shape index (κ1) is 25.3. The summed E-state index contributed by atoms with van der Waals surface area (Å²) in [7, 11) is 2.08. The van der Waals surface area contributed by atoms with Crippen molar-refractivity contribution in [2.24, 2.45) is 0 Å². The number of nitrogens with zero attached hydrogens (tertiary/aromatic N) is 3. The molecule has 0 spiro atoms. The quantitative estimate of drug-likeness (QED) is 0.443. The number of anilines is 1. The molecule has 1 amide bonds. The maximum Gasteiger partial charge on any atom is 0.265 e. The molecule has 194 valence electrons. The third-order valence-electron chi connectivity index (χ3n) is 7.19. The number of rotatable bonds is 5. The van der Waals surface area contributed by atoms with Crippen molar-refractivity contribution in [1.29, 1.82) is 0 Å². The summed E-state index contributed by atoms with van der Waals surface area (Å²) in [5.41, 5.74) is 2.39. The minimum absolute atomic E-state index is 0.0335. The van der Waals surface area contributed by atoms with Crippen LogP contribution >= 0.6 is 0 Å². The first-order valence-corrected chi connectivity index (χ1v) is 12.6. The van der Waals surface area contributed by atoms with Crippen LogP contribution in [0.2, 0.25) is 0 Å². The Bertz CT molecular complexity index is 1340. The van der Waals surface area contributed by atoms with Gasteiger partial charge < -0.3 is 14.5 Å². The zero-order valence-corrected chi connectivity index (χ0v) is 21.2. The minimum atomic E-state index is -0.691. The lowest BCUT2D eigenvalue weighted by Gasteiger charge is -2.33. The average Bonchev–Trinajstić information content (AvgIpc) is 2.85. The molecular weight excluding hydrogens is 479 g/mol. The van der Waals surface area contributed by atoms with E-state index in [2.05, 4.69) is 16.9 Å². The predicted molar refractivity (Wildman–Crippen MR) is 136 cm³/mol. The van der Waals surface area contributed by atoms with Crippen LogP contribution in [0.1, 0.15) is 49.4 Å². The normalized spacial score (nSPS) is 16.7. The van der Waals surface area contributed by atoms with Crippen molar-refractivity contribution in [3.05, 3.63) is 76.7 Å². The van der Waals surface area contributed by atoms with Crippen LogP contribution in [0.15, 0.2) is 42.5 Å². The Hall–Kier alpha value is -3.39. The van der Waals surface area contributed by atoms with E-state index >= 15 is 4.39 Å². The van der Waals surface area contributed by atoms with Gasteiger partial charge in [0.2, 0.25) is 0 Å². The van der Waals surface area contributed by atoms with Gasteiger partial charge in [-0.25, -0.2) is 18.2 Å². The summed E-state index contributed by atoms with van der Waals surface area (Å²) in [5, 5.41) is 0. The number of hydrogen-bond donors (Lipinski definition) is 0. The molecule has 0 aliphatic carbocycles. The predicted octanol–water partition coefficient (Wildman–Crippen LogP) is 5.70. The largest absolute Gasteiger partial charge is 0.478 e. The number of likely N-dealkylation sites (tertiary alicyclic amines) is 1. The van der Waals surface area contributed by atoms with Crippen molar-refractivity contribution >= 4 is 11.6 Å². The smallest absolute Gasteiger partial charge is 0.265 e. The van der Waals surface area contributed by atoms with Gasteiger partial charge in [0.05, 0.1) is 5.69 Å². The molecule has 0 bridgehead atoms. The molecule has 3 heterocycles. The number of fused-ring (bicyclic) bond motifs is 1. The summed E-state index contributed by atoms with van der Waals surface area (Å²) in [5.74, 6) is -1.67. The van der Waals surface area contributed by atoms with Crippen LogP contribution < -0.4 is 9.64 Å². The maximum atomic E-state index is 15.0. The summed E-state index contributed by atoms with van der Waals surface area (Å²) >= 11 is 0. The molecule has 5 rings (SSSR count). The fourth-order valence-electron chi connectivity index (χ4n) is 5.27. The standard InChI is InChI=1S/C29H30F3N3O2/c1-17(2)35-26-15-20(14-25(32)29(26)37-16-27(35)36)28-23(30)7-5-21(33-28)12-18-4-6-22(24(31)13-18)19-8-10-34(3)11-9-19/h4-7,13-15,17,19H,8-12,16H2,1-3H3. The van der Waals surface area contributed by atoms with Gasteiger partial charge >= 0.3 is 0 Å². The van der Waals surface area contributed by atoms with E-state index in [1.165, 1.54) is 29.2 Å². The summed E-state index contributed by atoms with van der Waals surface area (Å²) in [6.07, 6.45) is 2.15. The molecule has 3 aromatic rings. The van der Waals surface area contributed by atoms with Gasteiger partial charge in [0.1, 0.15) is 17.3 Å². The van der Waals surface area contributed by atoms with E-state index in [-0.39, 0.29) is 53.0 Å². The zero-order valence-electron chi connectivity index (χ0n) is 21.2. The highest BCUT2D eigenvalue weighted by atomic mass is 19.1. The van der Waals surface area contributed by atoms with Crippen molar-refractivity contribution in [3.63, 3.8) is 0 Å². The number of ether oxygens (including phenoxy) is 1. The number of benzene rings is 2. The molecule has 1 saturated heterocycles. The molecule has 8 heteroatoms. The van der Waals surface area contributed by atoms with E-state index < -0.39 is 11.6 Å². The van der Waals surface area contributed by atoms with Crippen molar-refractivity contribution in [1.82, 2.24) is 9.88 Å². The van der Waals surface area contributed by atoms with Gasteiger partial charge in [-0.1, -0.05) is 12.1 Å². The van der Waals surface area contributed by atoms with E-state index in [1.54, 1.807) is 6.07 Å². The highest BCUT2D eigenvalue weighted by molar-refractivity contribution is 5.99. The van der Waals surface area contributed by atoms with Gasteiger partial charge in [0.25, 0.3) is 5.91 Å². The van der Waals surface area contributed by atoms with E-state index in [0.717, 1.165) is 37.1 Å². The molecule has 0 unspecified atom stereocenters. The van der Waals surface area contributed by atoms with Crippen LogP contribution in [-0.2, 0) is 11.2 Å². The van der Waals surface area contributed by atoms with E-state index in [9.17, 15) is 13.6 Å². The molecule has 2 aliphatic rings. The van der Waals surface area contributed by atoms with E-state index in [1.807, 2.05) is 26.0 Å². The first-order valence-electron chi connectivity index (χ1n) is 12.6. The van der Waals surface area contributed by atoms with Gasteiger partial charge in [0, 0.05) is 23.7 Å². The molecule has 1 aromatic heterocycles. The number of pyridine rings is 1. The van der Waals surface area contributed by atoms with Crippen LogP contribution in [0, 0.1) is 17.5 Å². The Morgan fingerprint density at radius 2 is 1.76 bits per heavy atom. The number of halogens is 3. The molecule has 0 radical (unpaired) electrons. The molecule has 2 aliphatic heterocycles. The molecule has 37 heavy (non-hydrogen) atoms. The van der Waals surface area contributed by atoms with Gasteiger partial charge in [0.15, 0.2) is 18.2 Å². The monoisotopic (exact) mass is 509 g/mol. The van der Waals surface area contributed by atoms with E-state index in [4.69, 9.17) is 4.74 Å². The summed E-state index contributed by atoms with van der Waals surface area (Å²) in [6.45, 7) is 5.28. The first-order chi connectivity index (χ1) is 17.7. The average molecular weight is 510 g/mol. The number of carbonyl (C=O) groups is 1. The number of piperidine rings is 1. The van der Waals surface area contributed by atoms with Gasteiger partial charge in [-0.2, -0.15) is 0 Å².